The van der Waals surface area contributed by atoms with Crippen LogP contribution in [-0.2, 0) is 0 Å². The van der Waals surface area contributed by atoms with Crippen LogP contribution < -0.4 is 4.74 Å². The Kier molecular flexibility index (Phi) is 3.62. The van der Waals surface area contributed by atoms with E-state index in [0.717, 1.165) is 10.6 Å². The molecule has 1 aromatic carbocycles. The summed E-state index contributed by atoms with van der Waals surface area (Å²) in [6.45, 7) is 3.84. The van der Waals surface area contributed by atoms with E-state index >= 15 is 0 Å². The number of thiazole rings is 1. The van der Waals surface area contributed by atoms with E-state index in [-0.39, 0.29) is 11.5 Å². The lowest BCUT2D eigenvalue weighted by molar-refractivity contribution is 0.102. The van der Waals surface area contributed by atoms with E-state index in [2.05, 4.69) is 4.98 Å². The van der Waals surface area contributed by atoms with Gasteiger partial charge in [0.15, 0.2) is 17.3 Å². The summed E-state index contributed by atoms with van der Waals surface area (Å²) in [6.07, 6.45) is 1.57. The molecule has 0 atom stereocenters. The fourth-order valence-electron chi connectivity index (χ4n) is 1.49. The Hall–Kier alpha value is -1.88. The van der Waals surface area contributed by atoms with E-state index in [4.69, 9.17) is 4.74 Å². The van der Waals surface area contributed by atoms with Crippen molar-refractivity contribution in [2.75, 3.05) is 6.61 Å². The van der Waals surface area contributed by atoms with Gasteiger partial charge in [0, 0.05) is 18.7 Å². The van der Waals surface area contributed by atoms with Crippen molar-refractivity contribution in [1.29, 1.82) is 0 Å². The molecule has 0 radical (unpaired) electrons. The standard InChI is InChI=1S/C13H13NO3S/c1-3-17-11-6-9(4-5-10(11)16)13-14-7-12(18-13)8(2)15/h4-7,16H,3H2,1-2H3. The molecule has 5 heteroatoms. The molecule has 0 bridgehead atoms. The molecule has 0 saturated carbocycles. The maximum atomic E-state index is 11.2. The number of aromatic nitrogens is 1. The first kappa shape index (κ1) is 12.6. The second kappa shape index (κ2) is 5.18. The molecule has 0 aliphatic rings. The molecule has 18 heavy (non-hydrogen) atoms. The Morgan fingerprint density at radius 1 is 1.50 bits per heavy atom. The molecule has 2 aromatic rings. The summed E-state index contributed by atoms with van der Waals surface area (Å²) in [6, 6.07) is 5.04. The minimum atomic E-state index is 0.00237. The van der Waals surface area contributed by atoms with Gasteiger partial charge in [-0.3, -0.25) is 4.79 Å². The Balaban J connectivity index is 2.37. The van der Waals surface area contributed by atoms with Crippen LogP contribution in [0.2, 0.25) is 0 Å². The zero-order valence-corrected chi connectivity index (χ0v) is 11.0. The number of rotatable bonds is 4. The molecule has 0 fully saturated rings. The predicted molar refractivity (Wildman–Crippen MR) is 70.4 cm³/mol. The van der Waals surface area contributed by atoms with Crippen LogP contribution in [-0.4, -0.2) is 22.5 Å². The SMILES string of the molecule is CCOc1cc(-c2ncc(C(C)=O)s2)ccc1O. The average molecular weight is 263 g/mol. The van der Waals surface area contributed by atoms with Gasteiger partial charge >= 0.3 is 0 Å². The summed E-state index contributed by atoms with van der Waals surface area (Å²) >= 11 is 1.33. The molecule has 2 rings (SSSR count). The lowest BCUT2D eigenvalue weighted by Gasteiger charge is -2.06. The van der Waals surface area contributed by atoms with Crippen molar-refractivity contribution in [1.82, 2.24) is 4.98 Å². The number of Topliss-reactive ketones (excluding diaryl/α,β-unsaturated/α-hetero) is 1. The van der Waals surface area contributed by atoms with Gasteiger partial charge in [0.2, 0.25) is 0 Å². The van der Waals surface area contributed by atoms with E-state index in [1.807, 2.05) is 6.92 Å². The third-order valence-electron chi connectivity index (χ3n) is 2.36. The Bertz CT molecular complexity index is 577. The molecule has 1 heterocycles. The lowest BCUT2D eigenvalue weighted by Crippen LogP contribution is -1.92. The highest BCUT2D eigenvalue weighted by Crippen LogP contribution is 2.33. The van der Waals surface area contributed by atoms with Crippen LogP contribution in [0.25, 0.3) is 10.6 Å². The number of phenols is 1. The molecule has 0 unspecified atom stereocenters. The highest BCUT2D eigenvalue weighted by molar-refractivity contribution is 7.16. The maximum Gasteiger partial charge on any atom is 0.171 e. The number of aromatic hydroxyl groups is 1. The minimum absolute atomic E-state index is 0.00237. The van der Waals surface area contributed by atoms with Crippen LogP contribution >= 0.6 is 11.3 Å². The average Bonchev–Trinajstić information content (AvgIpc) is 2.82. The molecule has 1 N–H and O–H groups in total. The zero-order chi connectivity index (χ0) is 13.1. The van der Waals surface area contributed by atoms with E-state index in [1.165, 1.54) is 18.3 Å². The molecule has 94 valence electrons. The number of carbonyl (C=O) groups excluding carboxylic acids is 1. The summed E-state index contributed by atoms with van der Waals surface area (Å²) in [5.41, 5.74) is 0.828. The molecule has 4 nitrogen and oxygen atoms in total. The van der Waals surface area contributed by atoms with Crippen molar-refractivity contribution >= 4 is 17.1 Å². The molecule has 0 saturated heterocycles. The summed E-state index contributed by atoms with van der Waals surface area (Å²) < 4.78 is 5.31. The van der Waals surface area contributed by atoms with Gasteiger partial charge in [-0.15, -0.1) is 11.3 Å². The topological polar surface area (TPSA) is 59.4 Å². The van der Waals surface area contributed by atoms with E-state index in [1.54, 1.807) is 24.4 Å². The van der Waals surface area contributed by atoms with Gasteiger partial charge in [-0.2, -0.15) is 0 Å². The number of carbonyl (C=O) groups is 1. The first-order chi connectivity index (χ1) is 8.61. The normalized spacial score (nSPS) is 10.3. The van der Waals surface area contributed by atoms with Crippen LogP contribution in [0.4, 0.5) is 0 Å². The molecular formula is C13H13NO3S. The van der Waals surface area contributed by atoms with E-state index in [0.29, 0.717) is 17.2 Å². The number of ketones is 1. The van der Waals surface area contributed by atoms with Crippen LogP contribution in [0.5, 0.6) is 11.5 Å². The smallest absolute Gasteiger partial charge is 0.171 e. The highest BCUT2D eigenvalue weighted by Gasteiger charge is 2.10. The molecule has 1 aromatic heterocycles. The number of hydrogen-bond acceptors (Lipinski definition) is 5. The van der Waals surface area contributed by atoms with Gasteiger partial charge in [-0.1, -0.05) is 0 Å². The minimum Gasteiger partial charge on any atom is -0.504 e. The van der Waals surface area contributed by atoms with E-state index < -0.39 is 0 Å². The van der Waals surface area contributed by atoms with Crippen molar-refractivity contribution in [3.8, 4) is 22.1 Å². The van der Waals surface area contributed by atoms with Crippen molar-refractivity contribution in [3.63, 3.8) is 0 Å². The largest absolute Gasteiger partial charge is 0.504 e. The first-order valence-electron chi connectivity index (χ1n) is 5.54. The number of nitrogens with zero attached hydrogens (tertiary/aromatic N) is 1. The van der Waals surface area contributed by atoms with Gasteiger partial charge in [0.1, 0.15) is 5.01 Å². The summed E-state index contributed by atoms with van der Waals surface area (Å²) in [7, 11) is 0. The third-order valence-corrected chi connectivity index (χ3v) is 3.51. The summed E-state index contributed by atoms with van der Waals surface area (Å²) in [5, 5.41) is 10.3. The second-order valence-corrected chi connectivity index (χ2v) is 4.73. The second-order valence-electron chi connectivity index (χ2n) is 3.70. The molecule has 0 amide bonds. The van der Waals surface area contributed by atoms with Crippen molar-refractivity contribution in [2.45, 2.75) is 13.8 Å². The number of hydrogen-bond donors (Lipinski definition) is 1. The highest BCUT2D eigenvalue weighted by atomic mass is 32.1. The Labute approximate surface area is 109 Å². The fourth-order valence-corrected chi connectivity index (χ4v) is 2.30. The zero-order valence-electron chi connectivity index (χ0n) is 10.1. The van der Waals surface area contributed by atoms with Crippen LogP contribution in [0.15, 0.2) is 24.4 Å². The third kappa shape index (κ3) is 2.51. The Morgan fingerprint density at radius 2 is 2.28 bits per heavy atom. The quantitative estimate of drug-likeness (QED) is 0.861. The van der Waals surface area contributed by atoms with Crippen LogP contribution in [0.3, 0.4) is 0 Å². The number of ether oxygens (including phenoxy) is 1. The number of benzene rings is 1. The van der Waals surface area contributed by atoms with Crippen molar-refractivity contribution in [3.05, 3.63) is 29.3 Å². The molecule has 0 aliphatic heterocycles. The molecule has 0 aliphatic carbocycles. The monoisotopic (exact) mass is 263 g/mol. The fraction of sp³-hybridized carbons (Fsp3) is 0.231. The van der Waals surface area contributed by atoms with Gasteiger partial charge < -0.3 is 9.84 Å². The van der Waals surface area contributed by atoms with Crippen molar-refractivity contribution in [2.24, 2.45) is 0 Å². The summed E-state index contributed by atoms with van der Waals surface area (Å²) in [4.78, 5) is 16.0. The van der Waals surface area contributed by atoms with Crippen LogP contribution in [0.1, 0.15) is 23.5 Å². The number of phenolic OH excluding ortho intramolecular Hbond substituents is 1. The van der Waals surface area contributed by atoms with Gasteiger partial charge in [-0.25, -0.2) is 4.98 Å². The lowest BCUT2D eigenvalue weighted by atomic mass is 10.2. The maximum absolute atomic E-state index is 11.2. The van der Waals surface area contributed by atoms with E-state index in [9.17, 15) is 9.90 Å². The molecule has 0 spiro atoms. The predicted octanol–water partition coefficient (Wildman–Crippen LogP) is 3.12. The van der Waals surface area contributed by atoms with Gasteiger partial charge in [-0.05, 0) is 25.1 Å². The molecular weight excluding hydrogens is 250 g/mol. The van der Waals surface area contributed by atoms with Gasteiger partial charge in [0.05, 0.1) is 11.5 Å². The Morgan fingerprint density at radius 3 is 2.89 bits per heavy atom. The van der Waals surface area contributed by atoms with Crippen LogP contribution in [0, 0.1) is 0 Å². The van der Waals surface area contributed by atoms with Gasteiger partial charge in [0.25, 0.3) is 0 Å². The summed E-state index contributed by atoms with van der Waals surface area (Å²) in [5.74, 6) is 0.529. The van der Waals surface area contributed by atoms with Crippen molar-refractivity contribution < 1.29 is 14.6 Å². The first-order valence-corrected chi connectivity index (χ1v) is 6.36.